The van der Waals surface area contributed by atoms with Gasteiger partial charge in [-0.15, -0.1) is 0 Å². The molecule has 1 atom stereocenters. The SMILES string of the molecule is CCNC(CCS(C)(=O)=O)Cc1ccc(Cl)cc1Cl. The minimum Gasteiger partial charge on any atom is -0.314 e. The van der Waals surface area contributed by atoms with Crippen molar-refractivity contribution >= 4 is 33.0 Å². The van der Waals surface area contributed by atoms with Crippen LogP contribution in [0.3, 0.4) is 0 Å². The molecule has 0 amide bonds. The van der Waals surface area contributed by atoms with E-state index in [0.717, 1.165) is 12.1 Å². The first-order valence-electron chi connectivity index (χ1n) is 6.17. The molecule has 0 spiro atoms. The maximum absolute atomic E-state index is 11.2. The number of nitrogens with one attached hydrogen (secondary N) is 1. The number of benzene rings is 1. The molecule has 0 aliphatic rings. The summed E-state index contributed by atoms with van der Waals surface area (Å²) in [5.41, 5.74) is 0.977. The van der Waals surface area contributed by atoms with Crippen molar-refractivity contribution in [1.29, 1.82) is 0 Å². The second-order valence-corrected chi connectivity index (χ2v) is 7.72. The highest BCUT2D eigenvalue weighted by atomic mass is 35.5. The Morgan fingerprint density at radius 3 is 2.53 bits per heavy atom. The maximum Gasteiger partial charge on any atom is 0.147 e. The van der Waals surface area contributed by atoms with Gasteiger partial charge in [0.1, 0.15) is 9.84 Å². The van der Waals surface area contributed by atoms with Crippen LogP contribution in [0.2, 0.25) is 10.0 Å². The average molecular weight is 324 g/mol. The molecule has 0 saturated carbocycles. The van der Waals surface area contributed by atoms with E-state index < -0.39 is 9.84 Å². The van der Waals surface area contributed by atoms with Gasteiger partial charge >= 0.3 is 0 Å². The predicted octanol–water partition coefficient (Wildman–Crippen LogP) is 2.95. The highest BCUT2D eigenvalue weighted by molar-refractivity contribution is 7.90. The van der Waals surface area contributed by atoms with Crippen molar-refractivity contribution in [3.8, 4) is 0 Å². The van der Waals surface area contributed by atoms with Gasteiger partial charge in [0.25, 0.3) is 0 Å². The molecule has 0 aromatic heterocycles. The molecule has 0 radical (unpaired) electrons. The maximum atomic E-state index is 11.2. The molecule has 108 valence electrons. The third-order valence-electron chi connectivity index (χ3n) is 2.81. The third kappa shape index (κ3) is 6.61. The number of sulfone groups is 1. The molecule has 1 aromatic carbocycles. The first-order chi connectivity index (χ1) is 8.81. The van der Waals surface area contributed by atoms with Gasteiger partial charge in [-0.2, -0.15) is 0 Å². The molecule has 6 heteroatoms. The topological polar surface area (TPSA) is 46.2 Å². The summed E-state index contributed by atoms with van der Waals surface area (Å²) in [7, 11) is -2.94. The molecule has 1 rings (SSSR count). The zero-order valence-electron chi connectivity index (χ0n) is 11.1. The van der Waals surface area contributed by atoms with E-state index in [2.05, 4.69) is 5.32 Å². The van der Waals surface area contributed by atoms with E-state index in [1.54, 1.807) is 12.1 Å². The van der Waals surface area contributed by atoms with Crippen LogP contribution in [0.1, 0.15) is 18.9 Å². The number of rotatable bonds is 7. The standard InChI is InChI=1S/C13H19Cl2NO2S/c1-3-16-12(6-7-19(2,17)18)8-10-4-5-11(14)9-13(10)15/h4-5,9,12,16H,3,6-8H2,1-2H3. The molecule has 1 N–H and O–H groups in total. The lowest BCUT2D eigenvalue weighted by molar-refractivity contribution is 0.506. The molecule has 1 unspecified atom stereocenters. The highest BCUT2D eigenvalue weighted by Gasteiger charge is 2.13. The van der Waals surface area contributed by atoms with Crippen LogP contribution in [-0.4, -0.2) is 33.0 Å². The molecular weight excluding hydrogens is 305 g/mol. The van der Waals surface area contributed by atoms with E-state index in [1.807, 2.05) is 13.0 Å². The van der Waals surface area contributed by atoms with Gasteiger partial charge in [0.05, 0.1) is 5.75 Å². The summed E-state index contributed by atoms with van der Waals surface area (Å²) in [4.78, 5) is 0. The largest absolute Gasteiger partial charge is 0.314 e. The lowest BCUT2D eigenvalue weighted by atomic mass is 10.0. The molecule has 0 heterocycles. The van der Waals surface area contributed by atoms with Crippen LogP contribution in [0.25, 0.3) is 0 Å². The van der Waals surface area contributed by atoms with Crippen molar-refractivity contribution in [3.05, 3.63) is 33.8 Å². The summed E-state index contributed by atoms with van der Waals surface area (Å²) in [6.45, 7) is 2.79. The average Bonchev–Trinajstić information content (AvgIpc) is 2.28. The Balaban J connectivity index is 2.72. The Hall–Kier alpha value is -0.290. The molecule has 0 aliphatic heterocycles. The lowest BCUT2D eigenvalue weighted by Crippen LogP contribution is -2.33. The second-order valence-electron chi connectivity index (χ2n) is 4.61. The van der Waals surface area contributed by atoms with Crippen molar-refractivity contribution in [2.45, 2.75) is 25.8 Å². The molecule has 3 nitrogen and oxygen atoms in total. The molecule has 19 heavy (non-hydrogen) atoms. The smallest absolute Gasteiger partial charge is 0.147 e. The summed E-state index contributed by atoms with van der Waals surface area (Å²) in [6, 6.07) is 5.48. The highest BCUT2D eigenvalue weighted by Crippen LogP contribution is 2.22. The van der Waals surface area contributed by atoms with Crippen molar-refractivity contribution in [3.63, 3.8) is 0 Å². The Morgan fingerprint density at radius 1 is 1.32 bits per heavy atom. The quantitative estimate of drug-likeness (QED) is 0.839. The molecule has 0 saturated heterocycles. The molecule has 0 aliphatic carbocycles. The second kappa shape index (κ2) is 7.48. The van der Waals surface area contributed by atoms with Gasteiger partial charge in [-0.3, -0.25) is 0 Å². The molecule has 1 aromatic rings. The van der Waals surface area contributed by atoms with E-state index in [1.165, 1.54) is 6.26 Å². The normalized spacial score (nSPS) is 13.5. The van der Waals surface area contributed by atoms with Crippen LogP contribution >= 0.6 is 23.2 Å². The summed E-state index contributed by atoms with van der Waals surface area (Å²) < 4.78 is 22.5. The van der Waals surface area contributed by atoms with Gasteiger partial charge in [0.15, 0.2) is 0 Å². The van der Waals surface area contributed by atoms with E-state index in [9.17, 15) is 8.42 Å². The minimum atomic E-state index is -2.94. The third-order valence-corrected chi connectivity index (χ3v) is 4.38. The molecular formula is C13H19Cl2NO2S. The van der Waals surface area contributed by atoms with Gasteiger partial charge in [0.2, 0.25) is 0 Å². The summed E-state index contributed by atoms with van der Waals surface area (Å²) in [5, 5.41) is 4.51. The summed E-state index contributed by atoms with van der Waals surface area (Å²) in [5.74, 6) is 0.176. The Kier molecular flexibility index (Phi) is 6.60. The van der Waals surface area contributed by atoms with Gasteiger partial charge in [-0.05, 0) is 37.1 Å². The first-order valence-corrected chi connectivity index (χ1v) is 8.98. The van der Waals surface area contributed by atoms with E-state index in [0.29, 0.717) is 22.9 Å². The van der Waals surface area contributed by atoms with Crippen LogP contribution < -0.4 is 5.32 Å². The number of halogens is 2. The fourth-order valence-corrected chi connectivity index (χ4v) is 3.07. The lowest BCUT2D eigenvalue weighted by Gasteiger charge is -2.18. The van der Waals surface area contributed by atoms with Crippen LogP contribution in [0.4, 0.5) is 0 Å². The van der Waals surface area contributed by atoms with E-state index in [4.69, 9.17) is 23.2 Å². The minimum absolute atomic E-state index is 0.0957. The predicted molar refractivity (Wildman–Crippen MR) is 82.0 cm³/mol. The van der Waals surface area contributed by atoms with Crippen molar-refractivity contribution < 1.29 is 8.42 Å². The molecule has 0 fully saturated rings. The molecule has 0 bridgehead atoms. The van der Waals surface area contributed by atoms with Gasteiger partial charge in [-0.25, -0.2) is 8.42 Å². The van der Waals surface area contributed by atoms with E-state index in [-0.39, 0.29) is 11.8 Å². The van der Waals surface area contributed by atoms with Crippen molar-refractivity contribution in [2.24, 2.45) is 0 Å². The van der Waals surface area contributed by atoms with Crippen LogP contribution in [0.5, 0.6) is 0 Å². The van der Waals surface area contributed by atoms with Gasteiger partial charge in [-0.1, -0.05) is 36.2 Å². The fourth-order valence-electron chi connectivity index (χ4n) is 1.87. The first kappa shape index (κ1) is 16.8. The van der Waals surface area contributed by atoms with Crippen LogP contribution in [0, 0.1) is 0 Å². The van der Waals surface area contributed by atoms with E-state index >= 15 is 0 Å². The van der Waals surface area contributed by atoms with Gasteiger partial charge < -0.3 is 5.32 Å². The van der Waals surface area contributed by atoms with Gasteiger partial charge in [0, 0.05) is 22.3 Å². The zero-order chi connectivity index (χ0) is 14.5. The van der Waals surface area contributed by atoms with Crippen molar-refractivity contribution in [2.75, 3.05) is 18.6 Å². The number of hydrogen-bond donors (Lipinski definition) is 1. The number of hydrogen-bond acceptors (Lipinski definition) is 3. The van der Waals surface area contributed by atoms with Crippen molar-refractivity contribution in [1.82, 2.24) is 5.32 Å². The Labute approximate surface area is 125 Å². The monoisotopic (exact) mass is 323 g/mol. The summed E-state index contributed by atoms with van der Waals surface area (Å²) >= 11 is 12.0. The summed E-state index contributed by atoms with van der Waals surface area (Å²) in [6.07, 6.45) is 2.52. The zero-order valence-corrected chi connectivity index (χ0v) is 13.4. The number of likely N-dealkylation sites (N-methyl/N-ethyl adjacent to an activating group) is 1. The Bertz CT molecular complexity index is 517. The fraction of sp³-hybridized carbons (Fsp3) is 0.538. The van der Waals surface area contributed by atoms with Crippen LogP contribution in [0.15, 0.2) is 18.2 Å². The Morgan fingerprint density at radius 2 is 2.00 bits per heavy atom. The van der Waals surface area contributed by atoms with Crippen LogP contribution in [-0.2, 0) is 16.3 Å².